The second kappa shape index (κ2) is 5.32. The quantitative estimate of drug-likeness (QED) is 0.810. The first-order chi connectivity index (χ1) is 7.85. The van der Waals surface area contributed by atoms with E-state index >= 15 is 0 Å². The maximum atomic E-state index is 9.28. The minimum Gasteiger partial charge on any atom is -0.396 e. The summed E-state index contributed by atoms with van der Waals surface area (Å²) in [5.41, 5.74) is 2.13. The van der Waals surface area contributed by atoms with Crippen LogP contribution < -0.4 is 4.90 Å². The molecule has 1 heterocycles. The molecule has 0 unspecified atom stereocenters. The van der Waals surface area contributed by atoms with Crippen molar-refractivity contribution in [2.75, 3.05) is 24.6 Å². The first-order valence-corrected chi connectivity index (χ1v) is 5.89. The Hall–Kier alpha value is -1.06. The van der Waals surface area contributed by atoms with Gasteiger partial charge in [0.25, 0.3) is 0 Å². The van der Waals surface area contributed by atoms with Gasteiger partial charge in [0.15, 0.2) is 0 Å². The lowest BCUT2D eigenvalue weighted by atomic mass is 9.97. The number of hydrogen-bond donors (Lipinski definition) is 2. The van der Waals surface area contributed by atoms with E-state index in [0.717, 1.165) is 37.2 Å². The molecule has 1 aliphatic heterocycles. The average Bonchev–Trinajstić information content (AvgIpc) is 2.39. The molecule has 1 fully saturated rings. The Labute approximate surface area is 96.3 Å². The van der Waals surface area contributed by atoms with Crippen LogP contribution in [0.5, 0.6) is 0 Å². The van der Waals surface area contributed by atoms with Crippen LogP contribution in [0.2, 0.25) is 0 Å². The number of aliphatic hydroxyl groups is 2. The highest BCUT2D eigenvalue weighted by Gasteiger charge is 2.19. The number of aliphatic hydroxyl groups excluding tert-OH is 2. The molecule has 2 rings (SSSR count). The fourth-order valence-electron chi connectivity index (χ4n) is 2.31. The molecule has 3 nitrogen and oxygen atoms in total. The van der Waals surface area contributed by atoms with Gasteiger partial charge in [0.05, 0.1) is 6.61 Å². The zero-order valence-electron chi connectivity index (χ0n) is 9.47. The summed E-state index contributed by atoms with van der Waals surface area (Å²) >= 11 is 0. The van der Waals surface area contributed by atoms with Crippen molar-refractivity contribution in [1.82, 2.24) is 0 Å². The van der Waals surface area contributed by atoms with Crippen LogP contribution in [0.4, 0.5) is 5.69 Å². The summed E-state index contributed by atoms with van der Waals surface area (Å²) < 4.78 is 0. The van der Waals surface area contributed by atoms with Gasteiger partial charge >= 0.3 is 0 Å². The molecule has 0 amide bonds. The predicted octanol–water partition coefficient (Wildman–Crippen LogP) is 1.39. The molecule has 1 aliphatic rings. The van der Waals surface area contributed by atoms with Crippen molar-refractivity contribution in [2.45, 2.75) is 19.4 Å². The van der Waals surface area contributed by atoms with Crippen LogP contribution in [0.1, 0.15) is 18.4 Å². The third kappa shape index (κ3) is 2.36. The van der Waals surface area contributed by atoms with Gasteiger partial charge in [0.1, 0.15) is 0 Å². The van der Waals surface area contributed by atoms with Gasteiger partial charge in [-0.05, 0) is 24.8 Å². The van der Waals surface area contributed by atoms with Crippen LogP contribution in [0.25, 0.3) is 0 Å². The normalized spacial score (nSPS) is 17.8. The Bertz CT molecular complexity index is 332. The fourth-order valence-corrected chi connectivity index (χ4v) is 2.31. The third-order valence-corrected chi connectivity index (χ3v) is 3.38. The number of anilines is 1. The van der Waals surface area contributed by atoms with Gasteiger partial charge in [-0.1, -0.05) is 18.2 Å². The first-order valence-electron chi connectivity index (χ1n) is 5.89. The Morgan fingerprint density at radius 1 is 1.12 bits per heavy atom. The van der Waals surface area contributed by atoms with E-state index in [2.05, 4.69) is 11.0 Å². The highest BCUT2D eigenvalue weighted by molar-refractivity contribution is 5.53. The standard InChI is InChI=1S/C13H19NO2/c15-9-11-5-7-14(8-6-11)13-4-2-1-3-12(13)10-16/h1-4,11,15-16H,5-10H2. The minimum absolute atomic E-state index is 0.0934. The Morgan fingerprint density at radius 2 is 1.81 bits per heavy atom. The van der Waals surface area contributed by atoms with E-state index in [1.54, 1.807) is 0 Å². The molecule has 3 heteroatoms. The number of benzene rings is 1. The molecule has 16 heavy (non-hydrogen) atoms. The molecule has 0 radical (unpaired) electrons. The molecule has 0 spiro atoms. The number of piperidine rings is 1. The van der Waals surface area contributed by atoms with Crippen molar-refractivity contribution >= 4 is 5.69 Å². The summed E-state index contributed by atoms with van der Waals surface area (Å²) in [5, 5.41) is 18.4. The van der Waals surface area contributed by atoms with E-state index in [1.165, 1.54) is 0 Å². The molecule has 88 valence electrons. The number of rotatable bonds is 3. The molecule has 0 saturated carbocycles. The molecule has 0 aliphatic carbocycles. The van der Waals surface area contributed by atoms with Gasteiger partial charge in [-0.2, -0.15) is 0 Å². The summed E-state index contributed by atoms with van der Waals surface area (Å²) in [7, 11) is 0. The summed E-state index contributed by atoms with van der Waals surface area (Å²) in [6, 6.07) is 7.99. The summed E-state index contributed by atoms with van der Waals surface area (Å²) in [6.45, 7) is 2.34. The van der Waals surface area contributed by atoms with Crippen molar-refractivity contribution < 1.29 is 10.2 Å². The van der Waals surface area contributed by atoms with Crippen molar-refractivity contribution in [3.63, 3.8) is 0 Å². The van der Waals surface area contributed by atoms with Crippen LogP contribution in [-0.2, 0) is 6.61 Å². The van der Waals surface area contributed by atoms with Crippen molar-refractivity contribution in [3.8, 4) is 0 Å². The monoisotopic (exact) mass is 221 g/mol. The first kappa shape index (κ1) is 11.4. The van der Waals surface area contributed by atoms with Crippen molar-refractivity contribution in [2.24, 2.45) is 5.92 Å². The lowest BCUT2D eigenvalue weighted by Crippen LogP contribution is -2.35. The summed E-state index contributed by atoms with van der Waals surface area (Å²) in [4.78, 5) is 2.30. The highest BCUT2D eigenvalue weighted by atomic mass is 16.3. The zero-order chi connectivity index (χ0) is 11.4. The van der Waals surface area contributed by atoms with Gasteiger partial charge < -0.3 is 15.1 Å². The minimum atomic E-state index is 0.0934. The number of hydrogen-bond acceptors (Lipinski definition) is 3. The van der Waals surface area contributed by atoms with Crippen molar-refractivity contribution in [3.05, 3.63) is 29.8 Å². The molecule has 1 saturated heterocycles. The second-order valence-electron chi connectivity index (χ2n) is 4.40. The lowest BCUT2D eigenvalue weighted by Gasteiger charge is -2.34. The SMILES string of the molecule is OCc1ccccc1N1CCC(CO)CC1. The molecule has 0 atom stereocenters. The third-order valence-electron chi connectivity index (χ3n) is 3.38. The molecule has 1 aromatic carbocycles. The summed E-state index contributed by atoms with van der Waals surface area (Å²) in [5.74, 6) is 0.456. The molecule has 1 aromatic rings. The van der Waals surface area contributed by atoms with Gasteiger partial charge in [-0.25, -0.2) is 0 Å². The van der Waals surface area contributed by atoms with Gasteiger partial charge in [-0.3, -0.25) is 0 Å². The Balaban J connectivity index is 2.07. The maximum absolute atomic E-state index is 9.28. The van der Waals surface area contributed by atoms with Crippen LogP contribution >= 0.6 is 0 Å². The van der Waals surface area contributed by atoms with E-state index < -0.39 is 0 Å². The molecule has 0 bridgehead atoms. The van der Waals surface area contributed by atoms with Gasteiger partial charge in [-0.15, -0.1) is 0 Å². The van der Waals surface area contributed by atoms with Crippen LogP contribution in [0.15, 0.2) is 24.3 Å². The maximum Gasteiger partial charge on any atom is 0.0702 e. The predicted molar refractivity (Wildman–Crippen MR) is 64.4 cm³/mol. The topological polar surface area (TPSA) is 43.7 Å². The van der Waals surface area contributed by atoms with Gasteiger partial charge in [0.2, 0.25) is 0 Å². The molecular weight excluding hydrogens is 202 g/mol. The van der Waals surface area contributed by atoms with Crippen LogP contribution in [0, 0.1) is 5.92 Å². The smallest absolute Gasteiger partial charge is 0.0702 e. The van der Waals surface area contributed by atoms with E-state index in [-0.39, 0.29) is 6.61 Å². The van der Waals surface area contributed by atoms with Crippen molar-refractivity contribution in [1.29, 1.82) is 0 Å². The largest absolute Gasteiger partial charge is 0.396 e. The average molecular weight is 221 g/mol. The lowest BCUT2D eigenvalue weighted by molar-refractivity contribution is 0.202. The molecule has 2 N–H and O–H groups in total. The Kier molecular flexibility index (Phi) is 3.80. The fraction of sp³-hybridized carbons (Fsp3) is 0.538. The molecular formula is C13H19NO2. The second-order valence-corrected chi connectivity index (χ2v) is 4.40. The number of para-hydroxylation sites is 1. The van der Waals surface area contributed by atoms with E-state index in [9.17, 15) is 5.11 Å². The zero-order valence-corrected chi connectivity index (χ0v) is 9.47. The highest BCUT2D eigenvalue weighted by Crippen LogP contribution is 2.26. The summed E-state index contributed by atoms with van der Waals surface area (Å²) in [6.07, 6.45) is 2.08. The Morgan fingerprint density at radius 3 is 2.44 bits per heavy atom. The molecule has 0 aromatic heterocycles. The number of nitrogens with zero attached hydrogens (tertiary/aromatic N) is 1. The van der Waals surface area contributed by atoms with Crippen LogP contribution in [-0.4, -0.2) is 29.9 Å². The van der Waals surface area contributed by atoms with Crippen LogP contribution in [0.3, 0.4) is 0 Å². The van der Waals surface area contributed by atoms with E-state index in [4.69, 9.17) is 5.11 Å². The van der Waals surface area contributed by atoms with Gasteiger partial charge in [0, 0.05) is 30.9 Å². The van der Waals surface area contributed by atoms with E-state index in [0.29, 0.717) is 12.5 Å². The van der Waals surface area contributed by atoms with E-state index in [1.807, 2.05) is 18.2 Å².